The van der Waals surface area contributed by atoms with Gasteiger partial charge in [-0.05, 0) is 25.0 Å². The van der Waals surface area contributed by atoms with E-state index >= 15 is 0 Å². The van der Waals surface area contributed by atoms with Gasteiger partial charge < -0.3 is 4.74 Å². The SMILES string of the molecule is CCC(N)Oc1cc(Cl)c(Cl)cc1C. The van der Waals surface area contributed by atoms with Crippen LogP contribution >= 0.6 is 23.2 Å². The minimum atomic E-state index is -0.300. The van der Waals surface area contributed by atoms with E-state index in [1.54, 1.807) is 12.1 Å². The maximum atomic E-state index is 5.86. The molecule has 0 spiro atoms. The Balaban J connectivity index is 2.92. The molecule has 2 N–H and O–H groups in total. The van der Waals surface area contributed by atoms with Gasteiger partial charge in [0.05, 0.1) is 10.0 Å². The van der Waals surface area contributed by atoms with Crippen molar-refractivity contribution in [2.24, 2.45) is 5.73 Å². The first kappa shape index (κ1) is 11.6. The molecular weight excluding hydrogens is 221 g/mol. The van der Waals surface area contributed by atoms with Crippen molar-refractivity contribution < 1.29 is 4.74 Å². The van der Waals surface area contributed by atoms with Gasteiger partial charge >= 0.3 is 0 Å². The predicted octanol–water partition coefficient (Wildman–Crippen LogP) is 3.38. The normalized spacial score (nSPS) is 12.6. The highest BCUT2D eigenvalue weighted by Gasteiger charge is 2.08. The van der Waals surface area contributed by atoms with Crippen LogP contribution in [-0.2, 0) is 0 Å². The minimum absolute atomic E-state index is 0.300. The number of aryl methyl sites for hydroxylation is 1. The zero-order chi connectivity index (χ0) is 10.7. The van der Waals surface area contributed by atoms with E-state index in [1.807, 2.05) is 13.8 Å². The molecule has 0 heterocycles. The molecule has 0 bridgehead atoms. The first-order chi connectivity index (χ1) is 6.54. The summed E-state index contributed by atoms with van der Waals surface area (Å²) in [6.07, 6.45) is 0.450. The number of halogens is 2. The summed E-state index contributed by atoms with van der Waals surface area (Å²) in [6.45, 7) is 3.86. The molecule has 0 amide bonds. The third-order valence-electron chi connectivity index (χ3n) is 1.90. The molecule has 14 heavy (non-hydrogen) atoms. The Morgan fingerprint density at radius 2 is 1.93 bits per heavy atom. The highest BCUT2D eigenvalue weighted by atomic mass is 35.5. The van der Waals surface area contributed by atoms with Crippen LogP contribution in [0.4, 0.5) is 0 Å². The summed E-state index contributed by atoms with van der Waals surface area (Å²) in [7, 11) is 0. The molecule has 0 aliphatic rings. The standard InChI is InChI=1S/C10H13Cl2NO/c1-3-10(13)14-9-5-8(12)7(11)4-6(9)2/h4-5,10H,3,13H2,1-2H3. The van der Waals surface area contributed by atoms with E-state index in [-0.39, 0.29) is 6.23 Å². The Kier molecular flexibility index (Phi) is 4.05. The van der Waals surface area contributed by atoms with Crippen molar-refractivity contribution in [2.45, 2.75) is 26.5 Å². The van der Waals surface area contributed by atoms with Crippen molar-refractivity contribution >= 4 is 23.2 Å². The van der Waals surface area contributed by atoms with E-state index in [0.29, 0.717) is 15.8 Å². The number of ether oxygens (including phenoxy) is 1. The van der Waals surface area contributed by atoms with Gasteiger partial charge in [0.1, 0.15) is 12.0 Å². The largest absolute Gasteiger partial charge is 0.475 e. The van der Waals surface area contributed by atoms with E-state index in [2.05, 4.69) is 0 Å². The van der Waals surface area contributed by atoms with E-state index < -0.39 is 0 Å². The summed E-state index contributed by atoms with van der Waals surface area (Å²) in [6, 6.07) is 3.45. The summed E-state index contributed by atoms with van der Waals surface area (Å²) in [5.41, 5.74) is 6.60. The fraction of sp³-hybridized carbons (Fsp3) is 0.400. The average molecular weight is 234 g/mol. The van der Waals surface area contributed by atoms with Crippen LogP contribution in [0.25, 0.3) is 0 Å². The van der Waals surface area contributed by atoms with Crippen molar-refractivity contribution in [3.8, 4) is 5.75 Å². The molecule has 1 aromatic rings. The van der Waals surface area contributed by atoms with E-state index in [4.69, 9.17) is 33.7 Å². The van der Waals surface area contributed by atoms with Gasteiger partial charge in [0.2, 0.25) is 0 Å². The summed E-state index contributed by atoms with van der Waals surface area (Å²) >= 11 is 11.7. The van der Waals surface area contributed by atoms with Crippen molar-refractivity contribution in [1.82, 2.24) is 0 Å². The van der Waals surface area contributed by atoms with Crippen molar-refractivity contribution in [2.75, 3.05) is 0 Å². The fourth-order valence-electron chi connectivity index (χ4n) is 1.00. The molecule has 78 valence electrons. The Labute approximate surface area is 94.0 Å². The molecule has 0 aliphatic carbocycles. The van der Waals surface area contributed by atoms with Crippen LogP contribution in [-0.4, -0.2) is 6.23 Å². The topological polar surface area (TPSA) is 35.2 Å². The van der Waals surface area contributed by atoms with E-state index in [0.717, 1.165) is 12.0 Å². The maximum absolute atomic E-state index is 5.86. The summed E-state index contributed by atoms with van der Waals surface area (Å²) in [5, 5.41) is 1.01. The van der Waals surface area contributed by atoms with Gasteiger partial charge in [0, 0.05) is 6.07 Å². The lowest BCUT2D eigenvalue weighted by molar-refractivity contribution is 0.204. The molecule has 0 aromatic heterocycles. The van der Waals surface area contributed by atoms with Gasteiger partial charge in [-0.15, -0.1) is 0 Å². The van der Waals surface area contributed by atoms with Crippen molar-refractivity contribution in [3.05, 3.63) is 27.7 Å². The zero-order valence-electron chi connectivity index (χ0n) is 8.18. The molecule has 4 heteroatoms. The molecular formula is C10H13Cl2NO. The predicted molar refractivity (Wildman–Crippen MR) is 60.1 cm³/mol. The second-order valence-corrected chi connectivity index (χ2v) is 3.91. The van der Waals surface area contributed by atoms with Crippen LogP contribution in [0, 0.1) is 6.92 Å². The summed E-state index contributed by atoms with van der Waals surface area (Å²) in [5.74, 6) is 0.689. The molecule has 1 atom stereocenters. The van der Waals surface area contributed by atoms with Crippen LogP contribution < -0.4 is 10.5 Å². The Morgan fingerprint density at radius 1 is 1.36 bits per heavy atom. The Morgan fingerprint density at radius 3 is 2.50 bits per heavy atom. The zero-order valence-corrected chi connectivity index (χ0v) is 9.69. The van der Waals surface area contributed by atoms with Gasteiger partial charge in [-0.1, -0.05) is 30.1 Å². The number of nitrogens with two attached hydrogens (primary N) is 1. The molecule has 2 nitrogen and oxygen atoms in total. The van der Waals surface area contributed by atoms with Gasteiger partial charge in [-0.3, -0.25) is 5.73 Å². The van der Waals surface area contributed by atoms with Crippen LogP contribution in [0.5, 0.6) is 5.75 Å². The fourth-order valence-corrected chi connectivity index (χ4v) is 1.37. The van der Waals surface area contributed by atoms with E-state index in [1.165, 1.54) is 0 Å². The number of hydrogen-bond donors (Lipinski definition) is 1. The lowest BCUT2D eigenvalue weighted by Gasteiger charge is -2.15. The molecule has 0 aliphatic heterocycles. The Hall–Kier alpha value is -0.440. The van der Waals surface area contributed by atoms with Crippen LogP contribution in [0.3, 0.4) is 0 Å². The van der Waals surface area contributed by atoms with Crippen LogP contribution in [0.2, 0.25) is 10.0 Å². The molecule has 1 aromatic carbocycles. The number of benzene rings is 1. The minimum Gasteiger partial charge on any atom is -0.475 e. The van der Waals surface area contributed by atoms with Crippen LogP contribution in [0.15, 0.2) is 12.1 Å². The molecule has 1 unspecified atom stereocenters. The lowest BCUT2D eigenvalue weighted by Crippen LogP contribution is -2.26. The second-order valence-electron chi connectivity index (χ2n) is 3.10. The van der Waals surface area contributed by atoms with Crippen LogP contribution in [0.1, 0.15) is 18.9 Å². The number of hydrogen-bond acceptors (Lipinski definition) is 2. The summed E-state index contributed by atoms with van der Waals surface area (Å²) < 4.78 is 5.46. The monoisotopic (exact) mass is 233 g/mol. The van der Waals surface area contributed by atoms with Gasteiger partial charge in [-0.2, -0.15) is 0 Å². The van der Waals surface area contributed by atoms with E-state index in [9.17, 15) is 0 Å². The van der Waals surface area contributed by atoms with Gasteiger partial charge in [0.15, 0.2) is 0 Å². The third kappa shape index (κ3) is 2.77. The molecule has 0 fully saturated rings. The first-order valence-corrected chi connectivity index (χ1v) is 5.18. The molecule has 0 saturated heterocycles. The highest BCUT2D eigenvalue weighted by molar-refractivity contribution is 6.42. The second kappa shape index (κ2) is 4.87. The van der Waals surface area contributed by atoms with Crippen molar-refractivity contribution in [1.29, 1.82) is 0 Å². The maximum Gasteiger partial charge on any atom is 0.147 e. The van der Waals surface area contributed by atoms with Gasteiger partial charge in [0.25, 0.3) is 0 Å². The average Bonchev–Trinajstić information content (AvgIpc) is 2.14. The Bertz CT molecular complexity index is 328. The molecule has 0 saturated carbocycles. The third-order valence-corrected chi connectivity index (χ3v) is 2.62. The summed E-state index contributed by atoms with van der Waals surface area (Å²) in [4.78, 5) is 0. The quantitative estimate of drug-likeness (QED) is 0.813. The van der Waals surface area contributed by atoms with Gasteiger partial charge in [-0.25, -0.2) is 0 Å². The first-order valence-electron chi connectivity index (χ1n) is 4.42. The highest BCUT2D eigenvalue weighted by Crippen LogP contribution is 2.30. The molecule has 1 rings (SSSR count). The lowest BCUT2D eigenvalue weighted by atomic mass is 10.2. The smallest absolute Gasteiger partial charge is 0.147 e. The van der Waals surface area contributed by atoms with Crippen molar-refractivity contribution in [3.63, 3.8) is 0 Å². The number of rotatable bonds is 3. The molecule has 0 radical (unpaired) electrons.